The molecular formula is C21H25F4N3O. The molecule has 1 aliphatic rings. The molecule has 0 saturated heterocycles. The lowest BCUT2D eigenvalue weighted by molar-refractivity contribution is -0.179. The SMILES string of the molecule is Cc1cc(F)ccc1-c1c(NC(=O)CC(C)(C)C)nn2c1CC(C(F)(F)F)CC2. The van der Waals surface area contributed by atoms with Gasteiger partial charge in [0.05, 0.1) is 5.92 Å². The van der Waals surface area contributed by atoms with Gasteiger partial charge in [-0.05, 0) is 42.0 Å². The van der Waals surface area contributed by atoms with E-state index in [-0.39, 0.29) is 42.9 Å². The zero-order valence-corrected chi connectivity index (χ0v) is 17.0. The van der Waals surface area contributed by atoms with Crippen LogP contribution in [0.2, 0.25) is 0 Å². The van der Waals surface area contributed by atoms with Crippen LogP contribution in [0, 0.1) is 24.1 Å². The summed E-state index contributed by atoms with van der Waals surface area (Å²) in [5, 5.41) is 7.17. The van der Waals surface area contributed by atoms with E-state index in [9.17, 15) is 22.4 Å². The monoisotopic (exact) mass is 411 g/mol. The van der Waals surface area contributed by atoms with Gasteiger partial charge < -0.3 is 5.32 Å². The second-order valence-electron chi connectivity index (χ2n) is 8.87. The second kappa shape index (κ2) is 7.46. The number of carbonyl (C=O) groups is 1. The van der Waals surface area contributed by atoms with E-state index in [2.05, 4.69) is 10.4 Å². The van der Waals surface area contributed by atoms with Crippen LogP contribution in [-0.2, 0) is 17.8 Å². The summed E-state index contributed by atoms with van der Waals surface area (Å²) in [6.07, 6.45) is -4.35. The van der Waals surface area contributed by atoms with Crippen molar-refractivity contribution in [3.8, 4) is 11.1 Å². The highest BCUT2D eigenvalue weighted by Crippen LogP contribution is 2.41. The molecule has 158 valence electrons. The Balaban J connectivity index is 2.07. The molecule has 2 heterocycles. The van der Waals surface area contributed by atoms with Gasteiger partial charge in [0, 0.05) is 30.6 Å². The lowest BCUT2D eigenvalue weighted by Crippen LogP contribution is -2.31. The van der Waals surface area contributed by atoms with Crippen molar-refractivity contribution in [2.24, 2.45) is 11.3 Å². The van der Waals surface area contributed by atoms with Crippen molar-refractivity contribution in [3.05, 3.63) is 35.3 Å². The molecule has 3 rings (SSSR count). The number of hydrogen-bond acceptors (Lipinski definition) is 2. The fourth-order valence-electron chi connectivity index (χ4n) is 3.72. The predicted molar refractivity (Wildman–Crippen MR) is 103 cm³/mol. The highest BCUT2D eigenvalue weighted by Gasteiger charge is 2.43. The maximum absolute atomic E-state index is 13.6. The largest absolute Gasteiger partial charge is 0.392 e. The number of halogens is 4. The van der Waals surface area contributed by atoms with E-state index in [1.54, 1.807) is 6.92 Å². The fraction of sp³-hybridized carbons (Fsp3) is 0.524. The summed E-state index contributed by atoms with van der Waals surface area (Å²) in [7, 11) is 0. The zero-order chi connectivity index (χ0) is 21.6. The van der Waals surface area contributed by atoms with Gasteiger partial charge in [0.2, 0.25) is 5.91 Å². The third kappa shape index (κ3) is 4.79. The van der Waals surface area contributed by atoms with E-state index in [1.165, 1.54) is 22.9 Å². The molecule has 1 N–H and O–H groups in total. The second-order valence-corrected chi connectivity index (χ2v) is 8.87. The number of aromatic nitrogens is 2. The van der Waals surface area contributed by atoms with Gasteiger partial charge in [0.25, 0.3) is 0 Å². The van der Waals surface area contributed by atoms with Crippen LogP contribution < -0.4 is 5.32 Å². The Kier molecular flexibility index (Phi) is 5.49. The molecule has 2 aromatic rings. The van der Waals surface area contributed by atoms with E-state index in [0.29, 0.717) is 22.4 Å². The molecule has 1 aromatic carbocycles. The first-order chi connectivity index (χ1) is 13.3. The minimum absolute atomic E-state index is 0.0601. The van der Waals surface area contributed by atoms with Gasteiger partial charge in [-0.2, -0.15) is 18.3 Å². The number of nitrogens with zero attached hydrogens (tertiary/aromatic N) is 2. The van der Waals surface area contributed by atoms with Crippen molar-refractivity contribution < 1.29 is 22.4 Å². The van der Waals surface area contributed by atoms with Crippen molar-refractivity contribution in [1.29, 1.82) is 0 Å². The summed E-state index contributed by atoms with van der Waals surface area (Å²) in [4.78, 5) is 12.5. The quantitative estimate of drug-likeness (QED) is 0.678. The summed E-state index contributed by atoms with van der Waals surface area (Å²) >= 11 is 0. The number of fused-ring (bicyclic) bond motifs is 1. The molecule has 1 atom stereocenters. The maximum atomic E-state index is 13.6. The molecule has 1 unspecified atom stereocenters. The molecule has 0 bridgehead atoms. The molecule has 8 heteroatoms. The first-order valence-corrected chi connectivity index (χ1v) is 9.58. The summed E-state index contributed by atoms with van der Waals surface area (Å²) in [5.74, 6) is -1.93. The van der Waals surface area contributed by atoms with Crippen LogP contribution in [0.15, 0.2) is 18.2 Å². The number of aryl methyl sites for hydroxylation is 2. The average molecular weight is 411 g/mol. The molecule has 1 amide bonds. The Hall–Kier alpha value is -2.38. The van der Waals surface area contributed by atoms with Crippen LogP contribution in [0.1, 0.15) is 44.9 Å². The summed E-state index contributed by atoms with van der Waals surface area (Å²) < 4.78 is 55.2. The first-order valence-electron chi connectivity index (χ1n) is 9.58. The Morgan fingerprint density at radius 1 is 1.28 bits per heavy atom. The number of anilines is 1. The lowest BCUT2D eigenvalue weighted by atomic mass is 9.90. The van der Waals surface area contributed by atoms with E-state index >= 15 is 0 Å². The normalized spacial score (nSPS) is 17.2. The molecule has 0 radical (unpaired) electrons. The topological polar surface area (TPSA) is 46.9 Å². The van der Waals surface area contributed by atoms with Crippen LogP contribution in [-0.4, -0.2) is 21.9 Å². The van der Waals surface area contributed by atoms with E-state index in [1.807, 2.05) is 20.8 Å². The molecule has 4 nitrogen and oxygen atoms in total. The minimum Gasteiger partial charge on any atom is -0.309 e. The van der Waals surface area contributed by atoms with Crippen molar-refractivity contribution in [2.45, 2.75) is 59.7 Å². The number of alkyl halides is 3. The van der Waals surface area contributed by atoms with E-state index < -0.39 is 17.9 Å². The lowest BCUT2D eigenvalue weighted by Gasteiger charge is -2.26. The van der Waals surface area contributed by atoms with Gasteiger partial charge >= 0.3 is 6.18 Å². The molecule has 1 aromatic heterocycles. The summed E-state index contributed by atoms with van der Waals surface area (Å²) in [6, 6.07) is 4.11. The van der Waals surface area contributed by atoms with Gasteiger partial charge in [0.1, 0.15) is 5.82 Å². The molecule has 0 aliphatic carbocycles. The van der Waals surface area contributed by atoms with Crippen LogP contribution in [0.25, 0.3) is 11.1 Å². The maximum Gasteiger partial charge on any atom is 0.392 e. The van der Waals surface area contributed by atoms with Gasteiger partial charge in [0.15, 0.2) is 5.82 Å². The summed E-state index contributed by atoms with van der Waals surface area (Å²) in [6.45, 7) is 7.56. The minimum atomic E-state index is -4.31. The van der Waals surface area contributed by atoms with Crippen molar-refractivity contribution in [2.75, 3.05) is 5.32 Å². The number of carbonyl (C=O) groups excluding carboxylic acids is 1. The molecule has 0 spiro atoms. The number of amides is 1. The van der Waals surface area contributed by atoms with Crippen LogP contribution in [0.5, 0.6) is 0 Å². The Morgan fingerprint density at radius 2 is 1.97 bits per heavy atom. The van der Waals surface area contributed by atoms with Crippen molar-refractivity contribution in [3.63, 3.8) is 0 Å². The van der Waals surface area contributed by atoms with Gasteiger partial charge in [-0.15, -0.1) is 0 Å². The zero-order valence-electron chi connectivity index (χ0n) is 17.0. The smallest absolute Gasteiger partial charge is 0.309 e. The number of nitrogens with one attached hydrogen (secondary N) is 1. The van der Waals surface area contributed by atoms with Crippen LogP contribution >= 0.6 is 0 Å². The Bertz CT molecular complexity index is 925. The number of benzene rings is 1. The highest BCUT2D eigenvalue weighted by atomic mass is 19.4. The molecule has 0 saturated carbocycles. The molecule has 1 aliphatic heterocycles. The van der Waals surface area contributed by atoms with E-state index in [4.69, 9.17) is 0 Å². The van der Waals surface area contributed by atoms with Crippen molar-refractivity contribution >= 4 is 11.7 Å². The first kappa shape index (κ1) is 21.3. The highest BCUT2D eigenvalue weighted by molar-refractivity contribution is 5.95. The number of hydrogen-bond donors (Lipinski definition) is 1. The Labute approximate surface area is 167 Å². The summed E-state index contributed by atoms with van der Waals surface area (Å²) in [5.41, 5.74) is 1.75. The molecule has 0 fully saturated rings. The van der Waals surface area contributed by atoms with Crippen LogP contribution in [0.3, 0.4) is 0 Å². The molecular weight excluding hydrogens is 386 g/mol. The van der Waals surface area contributed by atoms with E-state index in [0.717, 1.165) is 0 Å². The predicted octanol–water partition coefficient (Wildman–Crippen LogP) is 5.50. The fourth-order valence-corrected chi connectivity index (χ4v) is 3.72. The Morgan fingerprint density at radius 3 is 2.55 bits per heavy atom. The van der Waals surface area contributed by atoms with Gasteiger partial charge in [-0.1, -0.05) is 26.8 Å². The third-order valence-corrected chi connectivity index (χ3v) is 5.06. The third-order valence-electron chi connectivity index (χ3n) is 5.06. The molecule has 29 heavy (non-hydrogen) atoms. The van der Waals surface area contributed by atoms with Crippen molar-refractivity contribution in [1.82, 2.24) is 9.78 Å². The van der Waals surface area contributed by atoms with Crippen LogP contribution in [0.4, 0.5) is 23.4 Å². The van der Waals surface area contributed by atoms with Gasteiger partial charge in [-0.25, -0.2) is 4.39 Å². The number of rotatable bonds is 3. The standard InChI is InChI=1S/C21H25F4N3O/c1-12-9-14(22)5-6-15(12)18-16-10-13(21(23,24)25)7-8-28(16)27-19(18)26-17(29)11-20(2,3)4/h5-6,9,13H,7-8,10-11H2,1-4H3,(H,26,27,29). The average Bonchev–Trinajstić information content (AvgIpc) is 2.89. The van der Waals surface area contributed by atoms with Gasteiger partial charge in [-0.3, -0.25) is 9.48 Å².